The fourth-order valence-corrected chi connectivity index (χ4v) is 4.59. The van der Waals surface area contributed by atoms with Crippen molar-refractivity contribution in [2.75, 3.05) is 0 Å². The van der Waals surface area contributed by atoms with E-state index in [9.17, 15) is 4.79 Å². The lowest BCUT2D eigenvalue weighted by atomic mass is 9.95. The van der Waals surface area contributed by atoms with E-state index < -0.39 is 0 Å². The first-order valence-corrected chi connectivity index (χ1v) is 10.7. The van der Waals surface area contributed by atoms with E-state index in [1.54, 1.807) is 0 Å². The van der Waals surface area contributed by atoms with E-state index in [1.165, 1.54) is 19.3 Å². The zero-order chi connectivity index (χ0) is 20.0. The van der Waals surface area contributed by atoms with Crippen LogP contribution < -0.4 is 4.74 Å². The number of ether oxygens (including phenoxy) is 1. The molecule has 0 bridgehead atoms. The van der Waals surface area contributed by atoms with Crippen LogP contribution >= 0.6 is 0 Å². The first-order chi connectivity index (χ1) is 14.2. The smallest absolute Gasteiger partial charge is 0.310 e. The molecule has 150 valence electrons. The van der Waals surface area contributed by atoms with E-state index >= 15 is 0 Å². The van der Waals surface area contributed by atoms with Gasteiger partial charge in [-0.15, -0.1) is 0 Å². The van der Waals surface area contributed by atoms with Crippen molar-refractivity contribution in [3.8, 4) is 5.75 Å². The Labute approximate surface area is 169 Å². The second kappa shape index (κ2) is 7.17. The van der Waals surface area contributed by atoms with E-state index in [0.29, 0.717) is 18.2 Å². The Kier molecular flexibility index (Phi) is 4.49. The van der Waals surface area contributed by atoms with Crippen LogP contribution in [-0.4, -0.2) is 24.9 Å². The monoisotopic (exact) mass is 390 g/mol. The van der Waals surface area contributed by atoms with Crippen molar-refractivity contribution in [2.45, 2.75) is 64.8 Å². The minimum atomic E-state index is -0.235. The van der Waals surface area contributed by atoms with Crippen molar-refractivity contribution in [2.24, 2.45) is 0 Å². The van der Waals surface area contributed by atoms with E-state index in [4.69, 9.17) is 14.7 Å². The van der Waals surface area contributed by atoms with Crippen LogP contribution in [0.15, 0.2) is 30.5 Å². The predicted molar refractivity (Wildman–Crippen MR) is 113 cm³/mol. The molecule has 29 heavy (non-hydrogen) atoms. The number of hydrogen-bond donors (Lipinski definition) is 0. The van der Waals surface area contributed by atoms with Gasteiger partial charge in [0, 0.05) is 25.1 Å². The number of esters is 1. The molecular weight excluding hydrogens is 364 g/mol. The highest BCUT2D eigenvalue weighted by atomic mass is 16.5. The van der Waals surface area contributed by atoms with E-state index in [-0.39, 0.29) is 5.97 Å². The summed E-state index contributed by atoms with van der Waals surface area (Å²) in [7, 11) is 0. The lowest BCUT2D eigenvalue weighted by Gasteiger charge is -2.23. The van der Waals surface area contributed by atoms with Gasteiger partial charge in [0.2, 0.25) is 0 Å². The van der Waals surface area contributed by atoms with Crippen molar-refractivity contribution < 1.29 is 9.53 Å². The number of rotatable bonds is 4. The summed E-state index contributed by atoms with van der Waals surface area (Å²) >= 11 is 0. The number of aromatic nitrogens is 4. The fraction of sp³-hybridized carbons (Fsp3) is 0.435. The number of benzene rings is 1. The van der Waals surface area contributed by atoms with Crippen molar-refractivity contribution in [3.63, 3.8) is 0 Å². The zero-order valence-corrected chi connectivity index (χ0v) is 17.0. The molecule has 0 amide bonds. The van der Waals surface area contributed by atoms with Gasteiger partial charge in [0.15, 0.2) is 11.4 Å². The topological polar surface area (TPSA) is 61.4 Å². The van der Waals surface area contributed by atoms with Crippen LogP contribution in [0.1, 0.15) is 64.2 Å². The highest BCUT2D eigenvalue weighted by molar-refractivity contribution is 6.01. The maximum Gasteiger partial charge on any atom is 0.310 e. The maximum absolute atomic E-state index is 12.2. The van der Waals surface area contributed by atoms with E-state index in [1.807, 2.05) is 31.3 Å². The Hall–Kier alpha value is -2.89. The summed E-state index contributed by atoms with van der Waals surface area (Å²) in [6.45, 7) is 3.93. The lowest BCUT2D eigenvalue weighted by Crippen LogP contribution is -2.13. The third-order valence-corrected chi connectivity index (χ3v) is 6.05. The SMILES string of the molecule is CCC(=O)Oc1cn(C2CCCCC2)c2nc(CC)n3c4ccccc4nc3c12. The first-order valence-electron chi connectivity index (χ1n) is 10.7. The van der Waals surface area contributed by atoms with Gasteiger partial charge in [-0.25, -0.2) is 9.97 Å². The van der Waals surface area contributed by atoms with Gasteiger partial charge in [-0.3, -0.25) is 9.20 Å². The summed E-state index contributed by atoms with van der Waals surface area (Å²) in [5, 5.41) is 0.839. The second-order valence-electron chi connectivity index (χ2n) is 7.86. The zero-order valence-electron chi connectivity index (χ0n) is 17.0. The minimum Gasteiger partial charge on any atom is -0.424 e. The largest absolute Gasteiger partial charge is 0.424 e. The molecule has 3 aromatic heterocycles. The van der Waals surface area contributed by atoms with Gasteiger partial charge < -0.3 is 9.30 Å². The average Bonchev–Trinajstić information content (AvgIpc) is 3.32. The lowest BCUT2D eigenvalue weighted by molar-refractivity contribution is -0.133. The van der Waals surface area contributed by atoms with Crippen LogP contribution in [0.4, 0.5) is 0 Å². The highest BCUT2D eigenvalue weighted by Crippen LogP contribution is 2.38. The molecule has 0 unspecified atom stereocenters. The summed E-state index contributed by atoms with van der Waals surface area (Å²) in [4.78, 5) is 22.2. The Balaban J connectivity index is 1.85. The standard InChI is InChI=1S/C23H26N4O2/c1-3-19-25-22-21(23-24-16-12-8-9-13-17(16)27(19)23)18(29-20(28)4-2)14-26(22)15-10-6-5-7-11-15/h8-9,12-15H,3-7,10-11H2,1-2H3. The van der Waals surface area contributed by atoms with Gasteiger partial charge in [0.05, 0.1) is 11.0 Å². The van der Waals surface area contributed by atoms with E-state index in [0.717, 1.165) is 52.8 Å². The molecule has 0 atom stereocenters. The second-order valence-corrected chi connectivity index (χ2v) is 7.86. The predicted octanol–water partition coefficient (Wildman–Crippen LogP) is 5.22. The number of nitrogens with zero attached hydrogens (tertiary/aromatic N) is 4. The molecule has 5 rings (SSSR count). The number of hydrogen-bond acceptors (Lipinski definition) is 4. The molecule has 1 saturated carbocycles. The average molecular weight is 390 g/mol. The molecule has 3 heterocycles. The van der Waals surface area contributed by atoms with Crippen LogP contribution in [-0.2, 0) is 11.2 Å². The quantitative estimate of drug-likeness (QED) is 0.448. The summed E-state index contributed by atoms with van der Waals surface area (Å²) < 4.78 is 10.1. The summed E-state index contributed by atoms with van der Waals surface area (Å²) in [6, 6.07) is 8.49. The van der Waals surface area contributed by atoms with Gasteiger partial charge in [-0.1, -0.05) is 45.2 Å². The Morgan fingerprint density at radius 2 is 1.90 bits per heavy atom. The number of para-hydroxylation sites is 2. The third-order valence-electron chi connectivity index (χ3n) is 6.05. The van der Waals surface area contributed by atoms with Gasteiger partial charge in [0.1, 0.15) is 16.9 Å². The maximum atomic E-state index is 12.2. The molecule has 0 saturated heterocycles. The molecular formula is C23H26N4O2. The molecule has 1 aromatic carbocycles. The summed E-state index contributed by atoms with van der Waals surface area (Å²) in [5.74, 6) is 1.32. The van der Waals surface area contributed by atoms with Crippen molar-refractivity contribution in [1.29, 1.82) is 0 Å². The fourth-order valence-electron chi connectivity index (χ4n) is 4.59. The van der Waals surface area contributed by atoms with Gasteiger partial charge >= 0.3 is 5.97 Å². The number of carbonyl (C=O) groups is 1. The van der Waals surface area contributed by atoms with Crippen LogP contribution in [0.2, 0.25) is 0 Å². The van der Waals surface area contributed by atoms with Crippen molar-refractivity contribution in [1.82, 2.24) is 18.9 Å². The molecule has 0 radical (unpaired) electrons. The minimum absolute atomic E-state index is 0.235. The van der Waals surface area contributed by atoms with Gasteiger partial charge in [-0.05, 0) is 25.0 Å². The van der Waals surface area contributed by atoms with Crippen LogP contribution in [0, 0.1) is 0 Å². The van der Waals surface area contributed by atoms with Crippen molar-refractivity contribution in [3.05, 3.63) is 36.3 Å². The van der Waals surface area contributed by atoms with E-state index in [2.05, 4.69) is 22.0 Å². The molecule has 0 aliphatic heterocycles. The summed E-state index contributed by atoms with van der Waals surface area (Å²) in [6.07, 6.45) is 9.13. The molecule has 4 aromatic rings. The first kappa shape index (κ1) is 18.2. The number of fused-ring (bicyclic) bond motifs is 5. The van der Waals surface area contributed by atoms with Gasteiger partial charge in [0.25, 0.3) is 0 Å². The normalized spacial score (nSPS) is 15.5. The molecule has 0 spiro atoms. The molecule has 1 aliphatic carbocycles. The molecule has 1 fully saturated rings. The number of imidazole rings is 1. The molecule has 1 aliphatic rings. The molecule has 0 N–H and O–H groups in total. The Morgan fingerprint density at radius 3 is 2.66 bits per heavy atom. The number of aryl methyl sites for hydroxylation is 1. The Bertz CT molecular complexity index is 1210. The third kappa shape index (κ3) is 2.89. The van der Waals surface area contributed by atoms with Crippen LogP contribution in [0.5, 0.6) is 5.75 Å². The Morgan fingerprint density at radius 1 is 1.10 bits per heavy atom. The van der Waals surface area contributed by atoms with Crippen LogP contribution in [0.3, 0.4) is 0 Å². The van der Waals surface area contributed by atoms with Crippen molar-refractivity contribution >= 4 is 33.7 Å². The van der Waals surface area contributed by atoms with Gasteiger partial charge in [-0.2, -0.15) is 0 Å². The van der Waals surface area contributed by atoms with Crippen LogP contribution in [0.25, 0.3) is 27.7 Å². The molecule has 6 nitrogen and oxygen atoms in total. The molecule has 6 heteroatoms. The highest BCUT2D eigenvalue weighted by Gasteiger charge is 2.25. The number of carbonyl (C=O) groups excluding carboxylic acids is 1. The summed E-state index contributed by atoms with van der Waals surface area (Å²) in [5.41, 5.74) is 3.67.